The number of hydrogen-bond donors (Lipinski definition) is 1. The van der Waals surface area contributed by atoms with Crippen LogP contribution in [0.3, 0.4) is 0 Å². The van der Waals surface area contributed by atoms with Gasteiger partial charge in [0.05, 0.1) is 21.9 Å². The number of nitro groups is 1. The molecule has 1 aliphatic rings. The number of nitrogens with zero attached hydrogens (tertiary/aromatic N) is 2. The molecule has 0 atom stereocenters. The largest absolute Gasteiger partial charge is 0.478 e. The molecule has 0 saturated heterocycles. The SMILES string of the molecule is Cc1ccc(C2=C/C(=C\c3ccc([N+](=O)[O-])cc3)C(=O)N2c2cccc(C(=O)O)c2)cc1. The average Bonchev–Trinajstić information content (AvgIpc) is 3.10. The molecule has 4 rings (SSSR count). The van der Waals surface area contributed by atoms with E-state index in [1.807, 2.05) is 31.2 Å². The fraction of sp³-hybridized carbons (Fsp3) is 0.0400. The second-order valence-electron chi connectivity index (χ2n) is 7.34. The zero-order valence-corrected chi connectivity index (χ0v) is 17.1. The molecule has 0 saturated carbocycles. The minimum Gasteiger partial charge on any atom is -0.478 e. The smallest absolute Gasteiger partial charge is 0.335 e. The van der Waals surface area contributed by atoms with E-state index in [-0.39, 0.29) is 17.2 Å². The molecule has 7 nitrogen and oxygen atoms in total. The molecule has 0 fully saturated rings. The summed E-state index contributed by atoms with van der Waals surface area (Å²) in [4.78, 5) is 36.7. The van der Waals surface area contributed by atoms with Gasteiger partial charge in [0.2, 0.25) is 0 Å². The lowest BCUT2D eigenvalue weighted by molar-refractivity contribution is -0.384. The Morgan fingerprint density at radius 3 is 2.34 bits per heavy atom. The fourth-order valence-corrected chi connectivity index (χ4v) is 3.46. The van der Waals surface area contributed by atoms with E-state index in [1.54, 1.807) is 36.4 Å². The van der Waals surface area contributed by atoms with E-state index in [4.69, 9.17) is 0 Å². The molecule has 1 N–H and O–H groups in total. The Morgan fingerprint density at radius 2 is 1.72 bits per heavy atom. The number of aromatic carboxylic acids is 1. The van der Waals surface area contributed by atoms with Crippen molar-refractivity contribution in [3.8, 4) is 0 Å². The number of carboxylic acids is 1. The van der Waals surface area contributed by atoms with E-state index in [9.17, 15) is 24.8 Å². The van der Waals surface area contributed by atoms with Crippen LogP contribution >= 0.6 is 0 Å². The molecule has 7 heteroatoms. The second kappa shape index (κ2) is 8.31. The Balaban J connectivity index is 1.80. The number of hydrogen-bond acceptors (Lipinski definition) is 4. The van der Waals surface area contributed by atoms with Gasteiger partial charge in [-0.25, -0.2) is 4.79 Å². The van der Waals surface area contributed by atoms with Gasteiger partial charge in [0.15, 0.2) is 0 Å². The quantitative estimate of drug-likeness (QED) is 0.349. The third-order valence-electron chi connectivity index (χ3n) is 5.11. The maximum absolute atomic E-state index is 13.4. The Morgan fingerprint density at radius 1 is 1.03 bits per heavy atom. The Kier molecular flexibility index (Phi) is 5.39. The molecule has 0 spiro atoms. The first-order valence-corrected chi connectivity index (χ1v) is 9.76. The molecule has 1 heterocycles. The standard InChI is InChI=1S/C25H18N2O5/c1-16-5-9-18(10-6-16)23-15-20(13-17-7-11-21(12-8-17)27(31)32)24(28)26(23)22-4-2-3-19(14-22)25(29)30/h2-15H,1H3,(H,29,30)/b20-13+. The van der Waals surface area contributed by atoms with Gasteiger partial charge in [-0.1, -0.05) is 35.9 Å². The van der Waals surface area contributed by atoms with Gasteiger partial charge in [-0.2, -0.15) is 0 Å². The molecule has 3 aromatic carbocycles. The molecule has 3 aromatic rings. The van der Waals surface area contributed by atoms with Gasteiger partial charge in [-0.3, -0.25) is 19.8 Å². The van der Waals surface area contributed by atoms with Crippen molar-refractivity contribution in [1.82, 2.24) is 0 Å². The lowest BCUT2D eigenvalue weighted by atomic mass is 10.1. The molecule has 32 heavy (non-hydrogen) atoms. The van der Waals surface area contributed by atoms with E-state index in [2.05, 4.69) is 0 Å². The van der Waals surface area contributed by atoms with Gasteiger partial charge in [-0.05, 0) is 60.5 Å². The van der Waals surface area contributed by atoms with Crippen LogP contribution in [-0.4, -0.2) is 21.9 Å². The highest BCUT2D eigenvalue weighted by molar-refractivity contribution is 6.23. The van der Waals surface area contributed by atoms with E-state index < -0.39 is 10.9 Å². The van der Waals surface area contributed by atoms with Crippen molar-refractivity contribution in [2.45, 2.75) is 6.92 Å². The summed E-state index contributed by atoms with van der Waals surface area (Å²) in [7, 11) is 0. The Hall–Kier alpha value is -4.52. The first kappa shape index (κ1) is 20.7. The molecule has 1 amide bonds. The summed E-state index contributed by atoms with van der Waals surface area (Å²) in [5, 5.41) is 20.2. The van der Waals surface area contributed by atoms with E-state index in [1.165, 1.54) is 29.2 Å². The highest BCUT2D eigenvalue weighted by Gasteiger charge is 2.30. The van der Waals surface area contributed by atoms with E-state index in [0.717, 1.165) is 11.1 Å². The van der Waals surface area contributed by atoms with Crippen LogP contribution in [0, 0.1) is 17.0 Å². The summed E-state index contributed by atoms with van der Waals surface area (Å²) in [5.41, 5.74) is 3.99. The van der Waals surface area contributed by atoms with Crippen molar-refractivity contribution < 1.29 is 19.6 Å². The van der Waals surface area contributed by atoms with Crippen molar-refractivity contribution in [2.75, 3.05) is 4.90 Å². The Bertz CT molecular complexity index is 1290. The maximum Gasteiger partial charge on any atom is 0.335 e. The number of carbonyl (C=O) groups is 2. The number of anilines is 1. The van der Waals surface area contributed by atoms with Crippen molar-refractivity contribution in [2.24, 2.45) is 0 Å². The predicted octanol–water partition coefficient (Wildman–Crippen LogP) is 5.07. The number of aryl methyl sites for hydroxylation is 1. The van der Waals surface area contributed by atoms with Crippen molar-refractivity contribution >= 4 is 35.0 Å². The highest BCUT2D eigenvalue weighted by Crippen LogP contribution is 2.35. The number of benzene rings is 3. The molecular formula is C25H18N2O5. The summed E-state index contributed by atoms with van der Waals surface area (Å²) in [6.07, 6.45) is 3.39. The summed E-state index contributed by atoms with van der Waals surface area (Å²) in [6.45, 7) is 1.96. The zero-order valence-electron chi connectivity index (χ0n) is 17.1. The van der Waals surface area contributed by atoms with Crippen LogP contribution < -0.4 is 4.90 Å². The summed E-state index contributed by atoms with van der Waals surface area (Å²) < 4.78 is 0. The lowest BCUT2D eigenvalue weighted by Gasteiger charge is -2.21. The average molecular weight is 426 g/mol. The first-order chi connectivity index (χ1) is 15.3. The highest BCUT2D eigenvalue weighted by atomic mass is 16.6. The van der Waals surface area contributed by atoms with Crippen LogP contribution in [0.15, 0.2) is 84.4 Å². The number of nitro benzene ring substituents is 1. The van der Waals surface area contributed by atoms with Gasteiger partial charge >= 0.3 is 5.97 Å². The van der Waals surface area contributed by atoms with Gasteiger partial charge in [-0.15, -0.1) is 0 Å². The third kappa shape index (κ3) is 4.04. The summed E-state index contributed by atoms with van der Waals surface area (Å²) >= 11 is 0. The molecule has 0 radical (unpaired) electrons. The Labute approximate surface area is 183 Å². The topological polar surface area (TPSA) is 101 Å². The normalized spacial score (nSPS) is 14.5. The van der Waals surface area contributed by atoms with Gasteiger partial charge in [0.25, 0.3) is 11.6 Å². The first-order valence-electron chi connectivity index (χ1n) is 9.76. The van der Waals surface area contributed by atoms with Crippen LogP contribution in [0.1, 0.15) is 27.0 Å². The molecule has 0 aliphatic carbocycles. The maximum atomic E-state index is 13.4. The van der Waals surface area contributed by atoms with E-state index in [0.29, 0.717) is 22.5 Å². The fourth-order valence-electron chi connectivity index (χ4n) is 3.46. The molecule has 0 unspecified atom stereocenters. The van der Waals surface area contributed by atoms with E-state index >= 15 is 0 Å². The monoisotopic (exact) mass is 426 g/mol. The van der Waals surface area contributed by atoms with Crippen molar-refractivity contribution in [3.63, 3.8) is 0 Å². The second-order valence-corrected chi connectivity index (χ2v) is 7.34. The van der Waals surface area contributed by atoms with Crippen molar-refractivity contribution in [1.29, 1.82) is 0 Å². The minimum atomic E-state index is -1.08. The predicted molar refractivity (Wildman–Crippen MR) is 121 cm³/mol. The van der Waals surface area contributed by atoms with Crippen LogP contribution in [0.25, 0.3) is 11.8 Å². The number of carboxylic acid groups (broad SMARTS) is 1. The van der Waals surface area contributed by atoms with Crippen LogP contribution in [0.2, 0.25) is 0 Å². The lowest BCUT2D eigenvalue weighted by Crippen LogP contribution is -2.25. The molecule has 0 bridgehead atoms. The van der Waals surface area contributed by atoms with Gasteiger partial charge in [0.1, 0.15) is 0 Å². The number of rotatable bonds is 5. The molecule has 158 valence electrons. The van der Waals surface area contributed by atoms with Gasteiger partial charge < -0.3 is 5.11 Å². The molecule has 1 aliphatic heterocycles. The summed E-state index contributed by atoms with van der Waals surface area (Å²) in [5.74, 6) is -1.40. The summed E-state index contributed by atoms with van der Waals surface area (Å²) in [6, 6.07) is 19.8. The number of non-ortho nitro benzene ring substituents is 1. The van der Waals surface area contributed by atoms with Gasteiger partial charge in [0, 0.05) is 17.7 Å². The van der Waals surface area contributed by atoms with Crippen LogP contribution in [-0.2, 0) is 4.79 Å². The number of carbonyl (C=O) groups excluding carboxylic acids is 1. The molecular weight excluding hydrogens is 408 g/mol. The zero-order chi connectivity index (χ0) is 22.8. The van der Waals surface area contributed by atoms with Crippen LogP contribution in [0.4, 0.5) is 11.4 Å². The van der Waals surface area contributed by atoms with Crippen LogP contribution in [0.5, 0.6) is 0 Å². The third-order valence-corrected chi connectivity index (χ3v) is 5.11. The van der Waals surface area contributed by atoms with Crippen molar-refractivity contribution in [3.05, 3.63) is 117 Å². The number of amides is 1. The molecule has 0 aromatic heterocycles. The minimum absolute atomic E-state index is 0.0344.